The van der Waals surface area contributed by atoms with Gasteiger partial charge in [0.15, 0.2) is 0 Å². The highest BCUT2D eigenvalue weighted by molar-refractivity contribution is 5.39. The third-order valence-electron chi connectivity index (χ3n) is 1.14. The normalized spacial score (nSPS) is 8.27. The summed E-state index contributed by atoms with van der Waals surface area (Å²) < 4.78 is 12.5. The second-order valence-corrected chi connectivity index (χ2v) is 1.84. The molecule has 0 saturated carbocycles. The van der Waals surface area contributed by atoms with Crippen LogP contribution < -0.4 is 0 Å². The molecule has 0 spiro atoms. The van der Waals surface area contributed by atoms with Gasteiger partial charge in [0.05, 0.1) is 17.2 Å². The molecule has 1 aromatic carbocycles. The van der Waals surface area contributed by atoms with Gasteiger partial charge in [-0.2, -0.15) is 10.5 Å². The molecule has 3 heteroatoms. The van der Waals surface area contributed by atoms with Gasteiger partial charge < -0.3 is 0 Å². The van der Waals surface area contributed by atoms with Crippen molar-refractivity contribution in [3.05, 3.63) is 35.1 Å². The molecule has 1 aromatic rings. The predicted molar refractivity (Wildman–Crippen MR) is 34.7 cm³/mol. The summed E-state index contributed by atoms with van der Waals surface area (Å²) in [5.74, 6) is -0.716. The molecule has 0 N–H and O–H groups in total. The summed E-state index contributed by atoms with van der Waals surface area (Å²) >= 11 is 0. The first-order valence-electron chi connectivity index (χ1n) is 2.79. The maximum Gasteiger partial charge on any atom is 0.148 e. The third kappa shape index (κ3) is 1.33. The summed E-state index contributed by atoms with van der Waals surface area (Å²) in [5, 5.41) is 16.7. The van der Waals surface area contributed by atoms with Crippen molar-refractivity contribution in [3.63, 3.8) is 0 Å². The summed E-state index contributed by atoms with van der Waals surface area (Å²) in [6.45, 7) is 0. The van der Waals surface area contributed by atoms with E-state index in [1.807, 2.05) is 0 Å². The molecule has 1 radical (unpaired) electrons. The Labute approximate surface area is 63.1 Å². The van der Waals surface area contributed by atoms with Crippen LogP contribution >= 0.6 is 0 Å². The van der Waals surface area contributed by atoms with Gasteiger partial charge in [-0.1, -0.05) is 0 Å². The monoisotopic (exact) mass is 145 g/mol. The van der Waals surface area contributed by atoms with Crippen molar-refractivity contribution < 1.29 is 4.39 Å². The van der Waals surface area contributed by atoms with Gasteiger partial charge in [-0.15, -0.1) is 0 Å². The van der Waals surface area contributed by atoms with Crippen molar-refractivity contribution in [2.24, 2.45) is 0 Å². The van der Waals surface area contributed by atoms with E-state index in [1.165, 1.54) is 12.1 Å². The molecule has 0 unspecified atom stereocenters. The van der Waals surface area contributed by atoms with E-state index in [0.29, 0.717) is 0 Å². The Hall–Kier alpha value is -1.87. The molecule has 0 heterocycles. The van der Waals surface area contributed by atoms with Crippen molar-refractivity contribution in [1.82, 2.24) is 0 Å². The minimum Gasteiger partial charge on any atom is -0.205 e. The van der Waals surface area contributed by atoms with E-state index in [0.717, 1.165) is 0 Å². The molecule has 1 rings (SSSR count). The Morgan fingerprint density at radius 1 is 1.36 bits per heavy atom. The molecule has 0 saturated heterocycles. The van der Waals surface area contributed by atoms with Crippen molar-refractivity contribution in [3.8, 4) is 12.1 Å². The first-order chi connectivity index (χ1) is 5.27. The van der Waals surface area contributed by atoms with Crippen LogP contribution in [0.4, 0.5) is 4.39 Å². The summed E-state index contributed by atoms with van der Waals surface area (Å²) in [6.07, 6.45) is 0. The lowest BCUT2D eigenvalue weighted by molar-refractivity contribution is 0.621. The zero-order valence-electron chi connectivity index (χ0n) is 5.43. The molecule has 0 amide bonds. The van der Waals surface area contributed by atoms with Crippen LogP contribution in [0.3, 0.4) is 0 Å². The largest absolute Gasteiger partial charge is 0.205 e. The first kappa shape index (κ1) is 7.24. The van der Waals surface area contributed by atoms with Crippen LogP contribution in [-0.2, 0) is 0 Å². The highest BCUT2D eigenvalue weighted by Crippen LogP contribution is 2.07. The molecular weight excluding hydrogens is 143 g/mol. The second-order valence-electron chi connectivity index (χ2n) is 1.84. The smallest absolute Gasteiger partial charge is 0.148 e. The standard InChI is InChI=1S/C8H2FN2/c9-8-2-1-6(4-10)3-7(8)5-11/h1,3H. The van der Waals surface area contributed by atoms with Crippen LogP contribution in [0, 0.1) is 34.5 Å². The molecule has 0 aliphatic rings. The number of nitrogens with zero attached hydrogens (tertiary/aromatic N) is 2. The topological polar surface area (TPSA) is 47.6 Å². The lowest BCUT2D eigenvalue weighted by Gasteiger charge is -1.90. The van der Waals surface area contributed by atoms with Crippen molar-refractivity contribution in [2.45, 2.75) is 0 Å². The summed E-state index contributed by atoms with van der Waals surface area (Å²) in [6, 6.07) is 7.94. The van der Waals surface area contributed by atoms with E-state index in [-0.39, 0.29) is 11.1 Å². The van der Waals surface area contributed by atoms with Crippen molar-refractivity contribution in [1.29, 1.82) is 10.5 Å². The van der Waals surface area contributed by atoms with E-state index in [1.54, 1.807) is 12.1 Å². The Bertz CT molecular complexity index is 357. The second kappa shape index (κ2) is 2.81. The summed E-state index contributed by atoms with van der Waals surface area (Å²) in [5.41, 5.74) is 0.0898. The summed E-state index contributed by atoms with van der Waals surface area (Å²) in [4.78, 5) is 0. The van der Waals surface area contributed by atoms with Crippen molar-refractivity contribution in [2.75, 3.05) is 0 Å². The van der Waals surface area contributed by atoms with Crippen LogP contribution in [-0.4, -0.2) is 0 Å². The average molecular weight is 145 g/mol. The SMILES string of the molecule is N#Cc1c[c]c(F)c(C#N)c1. The number of hydrogen-bond donors (Lipinski definition) is 0. The minimum atomic E-state index is -0.716. The molecule has 0 aliphatic carbocycles. The molecule has 2 nitrogen and oxygen atoms in total. The van der Waals surface area contributed by atoms with Crippen LogP contribution in [0.5, 0.6) is 0 Å². The van der Waals surface area contributed by atoms with E-state index >= 15 is 0 Å². The van der Waals surface area contributed by atoms with Gasteiger partial charge in [-0.05, 0) is 12.1 Å². The summed E-state index contributed by atoms with van der Waals surface area (Å²) in [7, 11) is 0. The average Bonchev–Trinajstić information content (AvgIpc) is 2.05. The Morgan fingerprint density at radius 2 is 2.09 bits per heavy atom. The van der Waals surface area contributed by atoms with Crippen LogP contribution in [0.15, 0.2) is 12.1 Å². The Kier molecular flexibility index (Phi) is 1.85. The van der Waals surface area contributed by atoms with Crippen LogP contribution in [0.25, 0.3) is 0 Å². The molecule has 11 heavy (non-hydrogen) atoms. The third-order valence-corrected chi connectivity index (χ3v) is 1.14. The van der Waals surface area contributed by atoms with E-state index in [2.05, 4.69) is 6.07 Å². The lowest BCUT2D eigenvalue weighted by atomic mass is 10.1. The van der Waals surface area contributed by atoms with Crippen LogP contribution in [0.1, 0.15) is 11.1 Å². The highest BCUT2D eigenvalue weighted by atomic mass is 19.1. The number of rotatable bonds is 0. The lowest BCUT2D eigenvalue weighted by Crippen LogP contribution is -1.84. The van der Waals surface area contributed by atoms with E-state index in [4.69, 9.17) is 10.5 Å². The first-order valence-corrected chi connectivity index (χ1v) is 2.79. The number of benzene rings is 1. The molecule has 0 aliphatic heterocycles. The molecule has 0 bridgehead atoms. The number of halogens is 1. The minimum absolute atomic E-state index is 0.149. The number of hydrogen-bond acceptors (Lipinski definition) is 2. The Balaban J connectivity index is 3.29. The van der Waals surface area contributed by atoms with Gasteiger partial charge in [0.1, 0.15) is 11.9 Å². The predicted octanol–water partition coefficient (Wildman–Crippen LogP) is 1.37. The fourth-order valence-corrected chi connectivity index (χ4v) is 0.625. The van der Waals surface area contributed by atoms with Gasteiger partial charge in [-0.3, -0.25) is 0 Å². The van der Waals surface area contributed by atoms with Gasteiger partial charge in [0.25, 0.3) is 0 Å². The zero-order chi connectivity index (χ0) is 8.27. The number of nitriles is 2. The molecule has 0 atom stereocenters. The van der Waals surface area contributed by atoms with E-state index in [9.17, 15) is 4.39 Å². The maximum atomic E-state index is 12.5. The fourth-order valence-electron chi connectivity index (χ4n) is 0.625. The molecule has 0 fully saturated rings. The van der Waals surface area contributed by atoms with E-state index < -0.39 is 5.82 Å². The molecular formula is C8H2FN2. The molecule has 51 valence electrons. The zero-order valence-corrected chi connectivity index (χ0v) is 5.43. The van der Waals surface area contributed by atoms with Gasteiger partial charge in [0, 0.05) is 6.07 Å². The Morgan fingerprint density at radius 3 is 2.64 bits per heavy atom. The fraction of sp³-hybridized carbons (Fsp3) is 0. The highest BCUT2D eigenvalue weighted by Gasteiger charge is 2.01. The van der Waals surface area contributed by atoms with Crippen LogP contribution in [0.2, 0.25) is 0 Å². The van der Waals surface area contributed by atoms with Gasteiger partial charge in [0.2, 0.25) is 0 Å². The van der Waals surface area contributed by atoms with Gasteiger partial charge >= 0.3 is 0 Å². The van der Waals surface area contributed by atoms with Crippen molar-refractivity contribution >= 4 is 0 Å². The molecule has 0 aromatic heterocycles. The van der Waals surface area contributed by atoms with Gasteiger partial charge in [-0.25, -0.2) is 4.39 Å². The maximum absolute atomic E-state index is 12.5. The quantitative estimate of drug-likeness (QED) is 0.553.